The van der Waals surface area contributed by atoms with Gasteiger partial charge in [-0.15, -0.1) is 0 Å². The van der Waals surface area contributed by atoms with Crippen molar-refractivity contribution in [3.8, 4) is 0 Å². The van der Waals surface area contributed by atoms with Gasteiger partial charge in [0.25, 0.3) is 10.0 Å². The number of rotatable bonds is 3. The summed E-state index contributed by atoms with van der Waals surface area (Å²) in [6, 6.07) is 1.42. The second-order valence-electron chi connectivity index (χ2n) is 3.26. The van der Waals surface area contributed by atoms with Crippen LogP contribution in [0.4, 0.5) is 5.95 Å². The van der Waals surface area contributed by atoms with Gasteiger partial charge in [-0.2, -0.15) is 8.42 Å². The van der Waals surface area contributed by atoms with Crippen LogP contribution in [-0.2, 0) is 17.1 Å². The van der Waals surface area contributed by atoms with Gasteiger partial charge in [-0.1, -0.05) is 23.2 Å². The molecule has 0 radical (unpaired) electrons. The third-order valence-corrected chi connectivity index (χ3v) is 3.96. The molecule has 2 aromatic heterocycles. The predicted octanol–water partition coefficient (Wildman–Crippen LogP) is 1.32. The first-order valence-corrected chi connectivity index (χ1v) is 6.82. The number of hydrogen-bond donors (Lipinski definition) is 1. The van der Waals surface area contributed by atoms with Crippen LogP contribution in [0.15, 0.2) is 23.6 Å². The minimum Gasteiger partial charge on any atom is -0.324 e. The zero-order valence-electron chi connectivity index (χ0n) is 9.00. The normalized spacial score (nSPS) is 11.5. The van der Waals surface area contributed by atoms with Crippen LogP contribution in [0.3, 0.4) is 0 Å². The fourth-order valence-corrected chi connectivity index (χ4v) is 2.65. The number of halogens is 2. The lowest BCUT2D eigenvalue weighted by molar-refractivity contribution is 0.597. The average molecular weight is 308 g/mol. The molecule has 2 rings (SSSR count). The third kappa shape index (κ3) is 2.55. The summed E-state index contributed by atoms with van der Waals surface area (Å²) in [6.45, 7) is 0. The summed E-state index contributed by atoms with van der Waals surface area (Å²) in [7, 11) is -2.36. The van der Waals surface area contributed by atoms with Gasteiger partial charge in [-0.25, -0.2) is 19.7 Å². The lowest BCUT2D eigenvalue weighted by atomic mass is 10.7. The van der Waals surface area contributed by atoms with Crippen LogP contribution in [0.5, 0.6) is 0 Å². The molecule has 0 fully saturated rings. The molecule has 0 aliphatic rings. The number of hydrogen-bond acceptors (Lipinski definition) is 5. The molecule has 0 amide bonds. The smallest absolute Gasteiger partial charge is 0.284 e. The maximum atomic E-state index is 12.0. The van der Waals surface area contributed by atoms with E-state index in [0.717, 1.165) is 0 Å². The van der Waals surface area contributed by atoms with Crippen molar-refractivity contribution in [3.63, 3.8) is 0 Å². The van der Waals surface area contributed by atoms with Gasteiger partial charge in [0.05, 0.1) is 6.33 Å². The molecule has 0 aliphatic heterocycles. The molecule has 2 heterocycles. The number of imidazole rings is 1. The van der Waals surface area contributed by atoms with Crippen LogP contribution >= 0.6 is 23.2 Å². The predicted molar refractivity (Wildman–Crippen MR) is 66.1 cm³/mol. The first-order chi connectivity index (χ1) is 8.40. The summed E-state index contributed by atoms with van der Waals surface area (Å²) in [6.07, 6.45) is 2.61. The third-order valence-electron chi connectivity index (χ3n) is 1.94. The van der Waals surface area contributed by atoms with Crippen LogP contribution < -0.4 is 4.72 Å². The Balaban J connectivity index is 2.36. The summed E-state index contributed by atoms with van der Waals surface area (Å²) in [5.41, 5.74) is 0. The van der Waals surface area contributed by atoms with Gasteiger partial charge in [0.1, 0.15) is 10.3 Å². The van der Waals surface area contributed by atoms with Crippen molar-refractivity contribution in [1.82, 2.24) is 19.5 Å². The topological polar surface area (TPSA) is 89.8 Å². The standard InChI is InChI=1S/C8H7Cl2N5O2S/c1-15-4-12-7(6(15)10)18(16,17)14-8-11-3-2-5(9)13-8/h2-4H,1H3,(H,11,13,14). The van der Waals surface area contributed by atoms with E-state index in [-0.39, 0.29) is 21.3 Å². The minimum absolute atomic E-state index is 0.00970. The second kappa shape index (κ2) is 4.71. The molecule has 0 saturated carbocycles. The molecule has 7 nitrogen and oxygen atoms in total. The van der Waals surface area contributed by atoms with Gasteiger partial charge < -0.3 is 4.57 Å². The van der Waals surface area contributed by atoms with Gasteiger partial charge in [-0.3, -0.25) is 0 Å². The summed E-state index contributed by atoms with van der Waals surface area (Å²) in [4.78, 5) is 11.1. The number of aryl methyl sites for hydroxylation is 1. The molecule has 0 aromatic carbocycles. The Bertz CT molecular complexity index is 685. The Kier molecular flexibility index (Phi) is 3.42. The Morgan fingerprint density at radius 2 is 2.06 bits per heavy atom. The zero-order valence-corrected chi connectivity index (χ0v) is 11.3. The molecule has 18 heavy (non-hydrogen) atoms. The summed E-state index contributed by atoms with van der Waals surface area (Å²) < 4.78 is 27.4. The highest BCUT2D eigenvalue weighted by atomic mass is 35.5. The van der Waals surface area contributed by atoms with Gasteiger partial charge in [0, 0.05) is 13.2 Å². The highest BCUT2D eigenvalue weighted by Gasteiger charge is 2.23. The number of anilines is 1. The van der Waals surface area contributed by atoms with Gasteiger partial charge in [-0.05, 0) is 6.07 Å². The number of nitrogens with zero attached hydrogens (tertiary/aromatic N) is 4. The van der Waals surface area contributed by atoms with Crippen LogP contribution in [0.25, 0.3) is 0 Å². The minimum atomic E-state index is -3.94. The molecule has 0 aliphatic carbocycles. The van der Waals surface area contributed by atoms with Crippen molar-refractivity contribution in [1.29, 1.82) is 0 Å². The molecule has 0 saturated heterocycles. The molecule has 2 aromatic rings. The highest BCUT2D eigenvalue weighted by molar-refractivity contribution is 7.92. The molecule has 0 spiro atoms. The number of nitrogens with one attached hydrogen (secondary N) is 1. The second-order valence-corrected chi connectivity index (χ2v) is 5.60. The Labute approximate surface area is 113 Å². The van der Waals surface area contributed by atoms with Crippen molar-refractivity contribution in [2.75, 3.05) is 4.72 Å². The molecule has 96 valence electrons. The van der Waals surface area contributed by atoms with E-state index in [0.29, 0.717) is 0 Å². The van der Waals surface area contributed by atoms with Crippen LogP contribution in [0.2, 0.25) is 10.3 Å². The van der Waals surface area contributed by atoms with Crippen LogP contribution in [0.1, 0.15) is 0 Å². The van der Waals surface area contributed by atoms with Gasteiger partial charge >= 0.3 is 0 Å². The number of aromatic nitrogens is 4. The van der Waals surface area contributed by atoms with E-state index >= 15 is 0 Å². The SMILES string of the molecule is Cn1cnc(S(=O)(=O)Nc2nccc(Cl)n2)c1Cl. The van der Waals surface area contributed by atoms with Crippen molar-refractivity contribution < 1.29 is 8.42 Å². The Hall–Kier alpha value is -1.38. The van der Waals surface area contributed by atoms with Crippen molar-refractivity contribution >= 4 is 39.2 Å². The van der Waals surface area contributed by atoms with E-state index in [1.54, 1.807) is 7.05 Å². The maximum Gasteiger partial charge on any atom is 0.284 e. The van der Waals surface area contributed by atoms with E-state index < -0.39 is 10.0 Å². The Morgan fingerprint density at radius 1 is 1.33 bits per heavy atom. The summed E-state index contributed by atoms with van der Waals surface area (Å²) in [5.74, 6) is -0.149. The zero-order chi connectivity index (χ0) is 13.3. The average Bonchev–Trinajstić information content (AvgIpc) is 2.59. The number of sulfonamides is 1. The van der Waals surface area contributed by atoms with E-state index in [2.05, 4.69) is 19.7 Å². The van der Waals surface area contributed by atoms with Crippen LogP contribution in [0, 0.1) is 0 Å². The maximum absolute atomic E-state index is 12.0. The molecule has 0 atom stereocenters. The van der Waals surface area contributed by atoms with E-state index in [1.165, 1.54) is 23.2 Å². The first-order valence-electron chi connectivity index (χ1n) is 4.58. The lowest BCUT2D eigenvalue weighted by Gasteiger charge is -2.04. The Morgan fingerprint density at radius 3 is 2.61 bits per heavy atom. The fraction of sp³-hybridized carbons (Fsp3) is 0.125. The molecule has 10 heteroatoms. The lowest BCUT2D eigenvalue weighted by Crippen LogP contribution is -2.16. The molecular formula is C8H7Cl2N5O2S. The van der Waals surface area contributed by atoms with E-state index in [4.69, 9.17) is 23.2 Å². The van der Waals surface area contributed by atoms with Crippen molar-refractivity contribution in [2.24, 2.45) is 7.05 Å². The quantitative estimate of drug-likeness (QED) is 0.864. The van der Waals surface area contributed by atoms with Crippen molar-refractivity contribution in [3.05, 3.63) is 28.9 Å². The van der Waals surface area contributed by atoms with Crippen LogP contribution in [-0.4, -0.2) is 27.9 Å². The van der Waals surface area contributed by atoms with Gasteiger partial charge in [0.15, 0.2) is 0 Å². The van der Waals surface area contributed by atoms with Crippen molar-refractivity contribution in [2.45, 2.75) is 5.03 Å². The van der Waals surface area contributed by atoms with Gasteiger partial charge in [0.2, 0.25) is 11.0 Å². The fourth-order valence-electron chi connectivity index (χ4n) is 1.13. The summed E-state index contributed by atoms with van der Waals surface area (Å²) >= 11 is 11.4. The monoisotopic (exact) mass is 307 g/mol. The molecule has 0 unspecified atom stereocenters. The molecule has 1 N–H and O–H groups in total. The first kappa shape index (κ1) is 13.1. The molecular weight excluding hydrogens is 301 g/mol. The molecule has 0 bridgehead atoms. The highest BCUT2D eigenvalue weighted by Crippen LogP contribution is 2.20. The summed E-state index contributed by atoms with van der Waals surface area (Å²) in [5, 5.41) is -0.186. The van der Waals surface area contributed by atoms with E-state index in [9.17, 15) is 8.42 Å². The van der Waals surface area contributed by atoms with E-state index in [1.807, 2.05) is 0 Å². The largest absolute Gasteiger partial charge is 0.324 e.